The topological polar surface area (TPSA) is 67.1 Å². The van der Waals surface area contributed by atoms with Crippen LogP contribution in [0.4, 0.5) is 11.6 Å². The summed E-state index contributed by atoms with van der Waals surface area (Å²) in [4.78, 5) is 10.7. The molecule has 0 spiro atoms. The SMILES string of the molecule is CCN(c1cc(NN)ncn1)C1CCCC1. The average Bonchev–Trinajstić information content (AvgIpc) is 2.84. The van der Waals surface area contributed by atoms with Gasteiger partial charge in [-0.1, -0.05) is 12.8 Å². The second-order valence-corrected chi connectivity index (χ2v) is 4.13. The number of rotatable bonds is 4. The summed E-state index contributed by atoms with van der Waals surface area (Å²) in [5, 5.41) is 0. The number of nitrogens with zero attached hydrogens (tertiary/aromatic N) is 3. The Bertz CT molecular complexity index is 335. The van der Waals surface area contributed by atoms with E-state index in [9.17, 15) is 0 Å². The Balaban J connectivity index is 2.18. The van der Waals surface area contributed by atoms with E-state index in [4.69, 9.17) is 5.84 Å². The number of nitrogens with one attached hydrogen (secondary N) is 1. The van der Waals surface area contributed by atoms with Crippen molar-refractivity contribution in [3.05, 3.63) is 12.4 Å². The number of hydrogen-bond acceptors (Lipinski definition) is 5. The van der Waals surface area contributed by atoms with E-state index in [0.717, 1.165) is 12.4 Å². The van der Waals surface area contributed by atoms with Crippen molar-refractivity contribution in [1.29, 1.82) is 0 Å². The van der Waals surface area contributed by atoms with Gasteiger partial charge >= 0.3 is 0 Å². The highest BCUT2D eigenvalue weighted by Crippen LogP contribution is 2.27. The van der Waals surface area contributed by atoms with Crippen molar-refractivity contribution in [3.63, 3.8) is 0 Å². The first-order valence-electron chi connectivity index (χ1n) is 5.90. The molecule has 1 aromatic heterocycles. The quantitative estimate of drug-likeness (QED) is 0.596. The molecule has 0 aliphatic heterocycles. The molecule has 1 saturated carbocycles. The van der Waals surface area contributed by atoms with Crippen LogP contribution in [-0.4, -0.2) is 22.6 Å². The molecule has 5 nitrogen and oxygen atoms in total. The monoisotopic (exact) mass is 221 g/mol. The maximum Gasteiger partial charge on any atom is 0.145 e. The maximum atomic E-state index is 5.35. The van der Waals surface area contributed by atoms with Gasteiger partial charge in [-0.25, -0.2) is 15.8 Å². The second-order valence-electron chi connectivity index (χ2n) is 4.13. The van der Waals surface area contributed by atoms with Crippen LogP contribution in [0.1, 0.15) is 32.6 Å². The van der Waals surface area contributed by atoms with Crippen molar-refractivity contribution < 1.29 is 0 Å². The van der Waals surface area contributed by atoms with Gasteiger partial charge in [0.1, 0.15) is 18.0 Å². The molecule has 16 heavy (non-hydrogen) atoms. The highest BCUT2D eigenvalue weighted by atomic mass is 15.3. The van der Waals surface area contributed by atoms with E-state index in [1.807, 2.05) is 6.07 Å². The summed E-state index contributed by atoms with van der Waals surface area (Å²) in [5.74, 6) is 6.99. The van der Waals surface area contributed by atoms with E-state index in [2.05, 4.69) is 27.2 Å². The maximum absolute atomic E-state index is 5.35. The van der Waals surface area contributed by atoms with Gasteiger partial charge in [-0.3, -0.25) is 0 Å². The molecule has 0 unspecified atom stereocenters. The Morgan fingerprint density at radius 1 is 1.44 bits per heavy atom. The lowest BCUT2D eigenvalue weighted by Gasteiger charge is -2.28. The van der Waals surface area contributed by atoms with Gasteiger partial charge in [0.25, 0.3) is 0 Å². The summed E-state index contributed by atoms with van der Waals surface area (Å²) in [7, 11) is 0. The first-order chi connectivity index (χ1) is 7.85. The average molecular weight is 221 g/mol. The number of nitrogen functional groups attached to an aromatic ring is 1. The number of aromatic nitrogens is 2. The Morgan fingerprint density at radius 2 is 2.19 bits per heavy atom. The zero-order chi connectivity index (χ0) is 11.4. The fraction of sp³-hybridized carbons (Fsp3) is 0.636. The molecule has 1 heterocycles. The second kappa shape index (κ2) is 5.12. The van der Waals surface area contributed by atoms with Crippen LogP contribution in [0.25, 0.3) is 0 Å². The van der Waals surface area contributed by atoms with E-state index in [1.165, 1.54) is 25.7 Å². The largest absolute Gasteiger partial charge is 0.354 e. The molecule has 1 aliphatic carbocycles. The number of hydrazine groups is 1. The predicted octanol–water partition coefficient (Wildman–Crippen LogP) is 1.53. The summed E-state index contributed by atoms with van der Waals surface area (Å²) in [6.45, 7) is 3.14. The lowest BCUT2D eigenvalue weighted by atomic mass is 10.2. The molecule has 1 aliphatic rings. The summed E-state index contributed by atoms with van der Waals surface area (Å²) >= 11 is 0. The Kier molecular flexibility index (Phi) is 3.56. The van der Waals surface area contributed by atoms with Gasteiger partial charge in [-0.15, -0.1) is 0 Å². The summed E-state index contributed by atoms with van der Waals surface area (Å²) in [6, 6.07) is 2.53. The van der Waals surface area contributed by atoms with Crippen LogP contribution >= 0.6 is 0 Å². The van der Waals surface area contributed by atoms with Crippen molar-refractivity contribution in [2.24, 2.45) is 5.84 Å². The highest BCUT2D eigenvalue weighted by Gasteiger charge is 2.22. The van der Waals surface area contributed by atoms with Crippen LogP contribution in [0.2, 0.25) is 0 Å². The van der Waals surface area contributed by atoms with Crippen LogP contribution < -0.4 is 16.2 Å². The number of anilines is 2. The Morgan fingerprint density at radius 3 is 2.81 bits per heavy atom. The standard InChI is InChI=1S/C11H19N5/c1-2-16(9-5-3-4-6-9)11-7-10(15-12)13-8-14-11/h7-9H,2-6,12H2,1H3,(H,13,14,15). The van der Waals surface area contributed by atoms with E-state index in [1.54, 1.807) is 6.33 Å². The molecule has 5 heteroatoms. The summed E-state index contributed by atoms with van der Waals surface area (Å²) in [5.41, 5.74) is 2.56. The number of nitrogens with two attached hydrogens (primary N) is 1. The van der Waals surface area contributed by atoms with Gasteiger partial charge in [0.2, 0.25) is 0 Å². The van der Waals surface area contributed by atoms with Gasteiger partial charge in [-0.2, -0.15) is 0 Å². The molecule has 1 aromatic rings. The lowest BCUT2D eigenvalue weighted by Crippen LogP contribution is -2.33. The van der Waals surface area contributed by atoms with Gasteiger partial charge < -0.3 is 10.3 Å². The molecule has 0 atom stereocenters. The van der Waals surface area contributed by atoms with Crippen LogP contribution in [0, 0.1) is 0 Å². The third-order valence-corrected chi connectivity index (χ3v) is 3.20. The molecule has 3 N–H and O–H groups in total. The molecule has 1 fully saturated rings. The summed E-state index contributed by atoms with van der Waals surface area (Å²) in [6.07, 6.45) is 6.75. The minimum absolute atomic E-state index is 0.630. The Hall–Kier alpha value is -1.36. The molecular weight excluding hydrogens is 202 g/mol. The van der Waals surface area contributed by atoms with Gasteiger partial charge in [0, 0.05) is 18.7 Å². The zero-order valence-corrected chi connectivity index (χ0v) is 9.69. The highest BCUT2D eigenvalue weighted by molar-refractivity contribution is 5.48. The first-order valence-corrected chi connectivity index (χ1v) is 5.90. The molecule has 0 amide bonds. The van der Waals surface area contributed by atoms with E-state index in [0.29, 0.717) is 11.9 Å². The van der Waals surface area contributed by atoms with E-state index >= 15 is 0 Å². The van der Waals surface area contributed by atoms with Crippen LogP contribution in [0.3, 0.4) is 0 Å². The minimum atomic E-state index is 0.630. The van der Waals surface area contributed by atoms with E-state index < -0.39 is 0 Å². The van der Waals surface area contributed by atoms with Crippen LogP contribution in [-0.2, 0) is 0 Å². The van der Waals surface area contributed by atoms with Crippen molar-refractivity contribution in [1.82, 2.24) is 9.97 Å². The van der Waals surface area contributed by atoms with Gasteiger partial charge in [-0.05, 0) is 19.8 Å². The van der Waals surface area contributed by atoms with Crippen molar-refractivity contribution >= 4 is 11.6 Å². The normalized spacial score (nSPS) is 16.4. The Labute approximate surface area is 96.0 Å². The lowest BCUT2D eigenvalue weighted by molar-refractivity contribution is 0.612. The third kappa shape index (κ3) is 2.24. The molecule has 0 radical (unpaired) electrons. The minimum Gasteiger partial charge on any atom is -0.354 e. The van der Waals surface area contributed by atoms with E-state index in [-0.39, 0.29) is 0 Å². The molecule has 2 rings (SSSR count). The molecule has 0 saturated heterocycles. The molecule has 0 aromatic carbocycles. The van der Waals surface area contributed by atoms with Crippen molar-refractivity contribution in [2.45, 2.75) is 38.6 Å². The smallest absolute Gasteiger partial charge is 0.145 e. The fourth-order valence-corrected chi connectivity index (χ4v) is 2.41. The predicted molar refractivity (Wildman–Crippen MR) is 65.1 cm³/mol. The summed E-state index contributed by atoms with van der Waals surface area (Å²) < 4.78 is 0. The fourth-order valence-electron chi connectivity index (χ4n) is 2.41. The number of hydrogen-bond donors (Lipinski definition) is 2. The molecule has 88 valence electrons. The molecular formula is C11H19N5. The van der Waals surface area contributed by atoms with Gasteiger partial charge in [0.05, 0.1) is 0 Å². The van der Waals surface area contributed by atoms with Crippen LogP contribution in [0.15, 0.2) is 12.4 Å². The van der Waals surface area contributed by atoms with Crippen molar-refractivity contribution in [2.75, 3.05) is 16.9 Å². The third-order valence-electron chi connectivity index (χ3n) is 3.20. The van der Waals surface area contributed by atoms with Crippen LogP contribution in [0.5, 0.6) is 0 Å². The van der Waals surface area contributed by atoms with Crippen molar-refractivity contribution in [3.8, 4) is 0 Å². The zero-order valence-electron chi connectivity index (χ0n) is 9.69. The van der Waals surface area contributed by atoms with Gasteiger partial charge in [0.15, 0.2) is 0 Å². The molecule has 0 bridgehead atoms. The first kappa shape index (κ1) is 11.1.